The molecule has 3 N–H and O–H groups in total. The van der Waals surface area contributed by atoms with Crippen molar-refractivity contribution in [2.75, 3.05) is 6.61 Å². The van der Waals surface area contributed by atoms with Gasteiger partial charge in [-0.15, -0.1) is 0 Å². The van der Waals surface area contributed by atoms with E-state index in [9.17, 15) is 4.79 Å². The molecule has 0 atom stereocenters. The second-order valence-electron chi connectivity index (χ2n) is 5.20. The van der Waals surface area contributed by atoms with E-state index in [1.165, 1.54) is 0 Å². The number of hydrogen-bond acceptors (Lipinski definition) is 3. The van der Waals surface area contributed by atoms with Crippen LogP contribution in [0.3, 0.4) is 0 Å². The Morgan fingerprint density at radius 1 is 1.22 bits per heavy atom. The van der Waals surface area contributed by atoms with Crippen molar-refractivity contribution >= 4 is 5.91 Å². The van der Waals surface area contributed by atoms with Crippen LogP contribution in [0.2, 0.25) is 0 Å². The Morgan fingerprint density at radius 3 is 2.28 bits per heavy atom. The number of nitrogens with one attached hydrogen (secondary N) is 1. The van der Waals surface area contributed by atoms with Crippen molar-refractivity contribution < 1.29 is 9.53 Å². The lowest BCUT2D eigenvalue weighted by molar-refractivity contribution is -0.130. The van der Waals surface area contributed by atoms with Crippen LogP contribution in [0, 0.1) is 0 Å². The molecular formula is C14H22N2O2. The number of benzene rings is 1. The zero-order valence-electron chi connectivity index (χ0n) is 11.3. The molecule has 0 unspecified atom stereocenters. The van der Waals surface area contributed by atoms with E-state index in [0.29, 0.717) is 13.1 Å². The summed E-state index contributed by atoms with van der Waals surface area (Å²) in [6.45, 7) is 6.90. The number of carbonyl (C=O) groups is 1. The van der Waals surface area contributed by atoms with Crippen molar-refractivity contribution in [2.45, 2.75) is 39.5 Å². The summed E-state index contributed by atoms with van der Waals surface area (Å²) in [5, 5.41) is 2.81. The minimum absolute atomic E-state index is 0.0877. The Labute approximate surface area is 109 Å². The molecule has 0 aliphatic heterocycles. The Balaban J connectivity index is 2.33. The zero-order valence-corrected chi connectivity index (χ0v) is 11.3. The smallest absolute Gasteiger partial charge is 0.246 e. The lowest BCUT2D eigenvalue weighted by Crippen LogP contribution is -2.31. The molecule has 0 spiro atoms. The fourth-order valence-electron chi connectivity index (χ4n) is 1.33. The van der Waals surface area contributed by atoms with E-state index in [1.54, 1.807) is 0 Å². The first-order valence-corrected chi connectivity index (χ1v) is 6.09. The first kappa shape index (κ1) is 14.7. The van der Waals surface area contributed by atoms with Gasteiger partial charge in [0.2, 0.25) is 5.91 Å². The van der Waals surface area contributed by atoms with Crippen LogP contribution < -0.4 is 11.1 Å². The summed E-state index contributed by atoms with van der Waals surface area (Å²) in [6.07, 6.45) is 0. The molecule has 1 rings (SSSR count). The van der Waals surface area contributed by atoms with E-state index < -0.39 is 0 Å². The van der Waals surface area contributed by atoms with Gasteiger partial charge in [-0.05, 0) is 31.9 Å². The van der Waals surface area contributed by atoms with Crippen LogP contribution >= 0.6 is 0 Å². The molecule has 0 aliphatic rings. The molecule has 0 bridgehead atoms. The van der Waals surface area contributed by atoms with Gasteiger partial charge in [0.1, 0.15) is 6.61 Å². The molecule has 4 heteroatoms. The highest BCUT2D eigenvalue weighted by Gasteiger charge is 2.12. The molecule has 0 radical (unpaired) electrons. The molecule has 0 fully saturated rings. The van der Waals surface area contributed by atoms with Crippen molar-refractivity contribution in [1.29, 1.82) is 0 Å². The minimum Gasteiger partial charge on any atom is -0.366 e. The maximum atomic E-state index is 11.5. The van der Waals surface area contributed by atoms with Gasteiger partial charge in [0, 0.05) is 13.1 Å². The van der Waals surface area contributed by atoms with Crippen molar-refractivity contribution in [3.05, 3.63) is 35.4 Å². The minimum atomic E-state index is -0.292. The lowest BCUT2D eigenvalue weighted by atomic mass is 10.1. The number of hydrogen-bond donors (Lipinski definition) is 2. The average molecular weight is 250 g/mol. The number of ether oxygens (including phenoxy) is 1. The predicted molar refractivity (Wildman–Crippen MR) is 71.9 cm³/mol. The van der Waals surface area contributed by atoms with Gasteiger partial charge in [0.15, 0.2) is 0 Å². The molecule has 100 valence electrons. The highest BCUT2D eigenvalue weighted by Crippen LogP contribution is 2.06. The predicted octanol–water partition coefficient (Wildman–Crippen LogP) is 1.58. The highest BCUT2D eigenvalue weighted by atomic mass is 16.5. The molecule has 0 saturated carbocycles. The Morgan fingerprint density at radius 2 is 1.78 bits per heavy atom. The fraction of sp³-hybridized carbons (Fsp3) is 0.500. The third-order valence-electron chi connectivity index (χ3n) is 2.38. The van der Waals surface area contributed by atoms with Gasteiger partial charge >= 0.3 is 0 Å². The molecule has 0 aliphatic carbocycles. The first-order chi connectivity index (χ1) is 8.40. The Hall–Kier alpha value is -1.39. The third-order valence-corrected chi connectivity index (χ3v) is 2.38. The van der Waals surface area contributed by atoms with Crippen LogP contribution in [-0.2, 0) is 22.6 Å². The highest BCUT2D eigenvalue weighted by molar-refractivity contribution is 5.77. The van der Waals surface area contributed by atoms with E-state index in [4.69, 9.17) is 10.5 Å². The van der Waals surface area contributed by atoms with Gasteiger partial charge in [-0.3, -0.25) is 4.79 Å². The first-order valence-electron chi connectivity index (χ1n) is 6.09. The summed E-state index contributed by atoms with van der Waals surface area (Å²) in [5.41, 5.74) is 7.36. The Kier molecular flexibility index (Phi) is 5.31. The summed E-state index contributed by atoms with van der Waals surface area (Å²) < 4.78 is 5.39. The summed E-state index contributed by atoms with van der Waals surface area (Å²) in [7, 11) is 0. The molecular weight excluding hydrogens is 228 g/mol. The van der Waals surface area contributed by atoms with Gasteiger partial charge < -0.3 is 15.8 Å². The zero-order chi connectivity index (χ0) is 13.6. The molecule has 1 aromatic rings. The van der Waals surface area contributed by atoms with Crippen LogP contribution in [0.1, 0.15) is 31.9 Å². The number of rotatable bonds is 5. The lowest BCUT2D eigenvalue weighted by Gasteiger charge is -2.19. The molecule has 18 heavy (non-hydrogen) atoms. The number of amides is 1. The summed E-state index contributed by atoms with van der Waals surface area (Å²) >= 11 is 0. The number of carbonyl (C=O) groups excluding carboxylic acids is 1. The van der Waals surface area contributed by atoms with Gasteiger partial charge in [-0.1, -0.05) is 24.3 Å². The van der Waals surface area contributed by atoms with Crippen molar-refractivity contribution in [1.82, 2.24) is 5.32 Å². The fourth-order valence-corrected chi connectivity index (χ4v) is 1.33. The second-order valence-corrected chi connectivity index (χ2v) is 5.20. The Bertz CT molecular complexity index is 380. The topological polar surface area (TPSA) is 64.3 Å². The third kappa shape index (κ3) is 5.80. The molecule has 0 saturated heterocycles. The van der Waals surface area contributed by atoms with Crippen molar-refractivity contribution in [2.24, 2.45) is 5.73 Å². The van der Waals surface area contributed by atoms with Gasteiger partial charge in [-0.2, -0.15) is 0 Å². The van der Waals surface area contributed by atoms with Crippen LogP contribution in [-0.4, -0.2) is 18.1 Å². The van der Waals surface area contributed by atoms with Crippen LogP contribution in [0.25, 0.3) is 0 Å². The van der Waals surface area contributed by atoms with Gasteiger partial charge in [0.25, 0.3) is 0 Å². The van der Waals surface area contributed by atoms with E-state index >= 15 is 0 Å². The largest absolute Gasteiger partial charge is 0.366 e. The van der Waals surface area contributed by atoms with E-state index in [2.05, 4.69) is 5.32 Å². The molecule has 1 aromatic carbocycles. The number of nitrogens with two attached hydrogens (primary N) is 1. The molecule has 4 nitrogen and oxygen atoms in total. The molecule has 0 aromatic heterocycles. The van der Waals surface area contributed by atoms with Crippen molar-refractivity contribution in [3.63, 3.8) is 0 Å². The monoisotopic (exact) mass is 250 g/mol. The maximum Gasteiger partial charge on any atom is 0.246 e. The van der Waals surface area contributed by atoms with E-state index in [0.717, 1.165) is 11.1 Å². The van der Waals surface area contributed by atoms with Crippen LogP contribution in [0.4, 0.5) is 0 Å². The van der Waals surface area contributed by atoms with E-state index in [-0.39, 0.29) is 18.1 Å². The summed E-state index contributed by atoms with van der Waals surface area (Å²) in [4.78, 5) is 11.5. The molecule has 0 heterocycles. The second kappa shape index (κ2) is 6.52. The quantitative estimate of drug-likeness (QED) is 0.834. The van der Waals surface area contributed by atoms with Crippen molar-refractivity contribution in [3.8, 4) is 0 Å². The van der Waals surface area contributed by atoms with Crippen LogP contribution in [0.15, 0.2) is 24.3 Å². The molecule has 1 amide bonds. The van der Waals surface area contributed by atoms with Gasteiger partial charge in [-0.25, -0.2) is 0 Å². The van der Waals surface area contributed by atoms with E-state index in [1.807, 2.05) is 45.0 Å². The standard InChI is InChI=1S/C14H22N2O2/c1-14(2,3)18-10-13(17)16-9-12-6-4-11(8-15)5-7-12/h4-7H,8-10,15H2,1-3H3,(H,16,17). The maximum absolute atomic E-state index is 11.5. The summed E-state index contributed by atoms with van der Waals surface area (Å²) in [6, 6.07) is 7.86. The normalized spacial score (nSPS) is 11.3. The summed E-state index contributed by atoms with van der Waals surface area (Å²) in [5.74, 6) is -0.104. The van der Waals surface area contributed by atoms with Crippen LogP contribution in [0.5, 0.6) is 0 Å². The SMILES string of the molecule is CC(C)(C)OCC(=O)NCc1ccc(CN)cc1. The average Bonchev–Trinajstić information content (AvgIpc) is 2.33. The van der Waals surface area contributed by atoms with Gasteiger partial charge in [0.05, 0.1) is 5.60 Å².